The molecule has 0 aliphatic heterocycles. The molecule has 9 nitrogen and oxygen atoms in total. The number of carbonyl (C=O) groups is 3. The molecular weight excluding hydrogens is 823 g/mol. The highest BCUT2D eigenvalue weighted by Gasteiger charge is 2.16. The van der Waals surface area contributed by atoms with E-state index in [1.807, 2.05) is 0 Å². The van der Waals surface area contributed by atoms with E-state index in [1.54, 1.807) is 18.5 Å². The van der Waals surface area contributed by atoms with Crippen molar-refractivity contribution in [3.05, 3.63) is 24.0 Å². The van der Waals surface area contributed by atoms with E-state index in [0.717, 1.165) is 109 Å². The van der Waals surface area contributed by atoms with E-state index in [9.17, 15) is 19.5 Å². The summed E-state index contributed by atoms with van der Waals surface area (Å²) in [6, 6.07) is 1.77. The van der Waals surface area contributed by atoms with Gasteiger partial charge in [0, 0.05) is 38.3 Å². The summed E-state index contributed by atoms with van der Waals surface area (Å²) < 4.78 is 11.7. The summed E-state index contributed by atoms with van der Waals surface area (Å²) in [5.74, 6) is 0.259. The number of unbranched alkanes of at least 4 members (excludes halogenated alkanes) is 26. The van der Waals surface area contributed by atoms with Crippen LogP contribution in [0.25, 0.3) is 0 Å². The molecule has 1 rings (SSSR count). The van der Waals surface area contributed by atoms with Crippen LogP contribution in [0.5, 0.6) is 0 Å². The molecule has 2 atom stereocenters. The first-order chi connectivity index (χ1) is 32.3. The number of hydrogen-bond acceptors (Lipinski definition) is 7. The summed E-state index contributed by atoms with van der Waals surface area (Å²) in [6.45, 7) is 12.6. The molecular formula is C57H107N3O6. The summed E-state index contributed by atoms with van der Waals surface area (Å²) in [6.07, 6.45) is 46.2. The zero-order valence-electron chi connectivity index (χ0n) is 43.8. The van der Waals surface area contributed by atoms with Gasteiger partial charge in [0.15, 0.2) is 0 Å². The molecule has 0 aliphatic carbocycles. The number of ether oxygens (including phenoxy) is 2. The van der Waals surface area contributed by atoms with Gasteiger partial charge in [-0.15, -0.1) is 0 Å². The molecule has 1 amide bonds. The third kappa shape index (κ3) is 39.6. The fourth-order valence-corrected chi connectivity index (χ4v) is 9.06. The van der Waals surface area contributed by atoms with Crippen molar-refractivity contribution >= 4 is 17.8 Å². The first-order valence-electron chi connectivity index (χ1n) is 28.4. The number of nitrogens with one attached hydrogen (secondary N) is 2. The number of rotatable bonds is 50. The van der Waals surface area contributed by atoms with Crippen LogP contribution in [-0.2, 0) is 19.1 Å². The van der Waals surface area contributed by atoms with Crippen LogP contribution in [0.1, 0.15) is 282 Å². The third-order valence-corrected chi connectivity index (χ3v) is 13.4. The summed E-state index contributed by atoms with van der Waals surface area (Å²) >= 11 is 0. The van der Waals surface area contributed by atoms with Crippen LogP contribution in [0, 0.1) is 5.92 Å². The van der Waals surface area contributed by atoms with Crippen molar-refractivity contribution in [2.75, 3.05) is 32.8 Å². The summed E-state index contributed by atoms with van der Waals surface area (Å²) in [4.78, 5) is 43.0. The lowest BCUT2D eigenvalue weighted by atomic mass is 10.0. The Morgan fingerprint density at radius 1 is 0.576 bits per heavy atom. The molecule has 3 N–H and O–H groups in total. The maximum atomic E-state index is 12.9. The first kappa shape index (κ1) is 61.6. The topological polar surface area (TPSA) is 121 Å². The molecule has 0 bridgehead atoms. The van der Waals surface area contributed by atoms with Crippen molar-refractivity contribution in [3.8, 4) is 0 Å². The molecule has 1 aromatic rings. The van der Waals surface area contributed by atoms with Crippen molar-refractivity contribution in [1.82, 2.24) is 15.2 Å². The Morgan fingerprint density at radius 3 is 1.56 bits per heavy atom. The maximum Gasteiger partial charge on any atom is 0.306 e. The molecule has 0 aromatic carbocycles. The standard InChI is InChI=1S/C57H107N3O6/c1-5-8-11-14-17-18-19-20-22-28-37-51(4)50-65-55(62)41-32-27-36-47-60(49-53(61)38-33-34-44-59-57(64)52-43-45-58-48-52)46-35-26-21-25-31-42-56(63)66-54(39-29-23-15-12-9-6-2)40-30-24-16-13-10-7-3/h43,45,48,51,53-54,58,61H,5-42,44,46-47,49-50H2,1-4H3,(H,59,64). The predicted octanol–water partition coefficient (Wildman–Crippen LogP) is 15.4. The van der Waals surface area contributed by atoms with Crippen LogP contribution in [-0.4, -0.2) is 77.8 Å². The van der Waals surface area contributed by atoms with Crippen LogP contribution >= 0.6 is 0 Å². The Labute approximate surface area is 407 Å². The third-order valence-electron chi connectivity index (χ3n) is 13.4. The van der Waals surface area contributed by atoms with Gasteiger partial charge in [-0.05, 0) is 102 Å². The second kappa shape index (κ2) is 46.3. The highest BCUT2D eigenvalue weighted by molar-refractivity contribution is 5.93. The second-order valence-corrected chi connectivity index (χ2v) is 20.1. The van der Waals surface area contributed by atoms with Gasteiger partial charge in [-0.1, -0.05) is 182 Å². The van der Waals surface area contributed by atoms with E-state index in [0.29, 0.717) is 50.4 Å². The van der Waals surface area contributed by atoms with E-state index in [2.05, 4.69) is 42.9 Å². The number of nitrogens with zero attached hydrogens (tertiary/aromatic N) is 1. The van der Waals surface area contributed by atoms with Crippen LogP contribution < -0.4 is 5.32 Å². The van der Waals surface area contributed by atoms with Crippen molar-refractivity contribution < 1.29 is 29.0 Å². The Bertz CT molecular complexity index is 1190. The Balaban J connectivity index is 2.41. The molecule has 66 heavy (non-hydrogen) atoms. The van der Waals surface area contributed by atoms with Crippen LogP contribution in [0.3, 0.4) is 0 Å². The maximum absolute atomic E-state index is 12.9. The number of amides is 1. The molecule has 9 heteroatoms. The minimum atomic E-state index is -0.417. The number of esters is 2. The molecule has 386 valence electrons. The second-order valence-electron chi connectivity index (χ2n) is 20.1. The minimum Gasteiger partial charge on any atom is -0.465 e. The molecule has 1 heterocycles. The van der Waals surface area contributed by atoms with Crippen LogP contribution in [0.15, 0.2) is 18.5 Å². The molecule has 1 aromatic heterocycles. The zero-order chi connectivity index (χ0) is 48.0. The highest BCUT2D eigenvalue weighted by atomic mass is 16.5. The predicted molar refractivity (Wildman–Crippen MR) is 278 cm³/mol. The molecule has 0 fully saturated rings. The van der Waals surface area contributed by atoms with Crippen molar-refractivity contribution in [2.45, 2.75) is 284 Å². The van der Waals surface area contributed by atoms with Gasteiger partial charge in [-0.3, -0.25) is 14.4 Å². The smallest absolute Gasteiger partial charge is 0.306 e. The Morgan fingerprint density at radius 2 is 1.03 bits per heavy atom. The molecule has 0 saturated carbocycles. The number of hydrogen-bond donors (Lipinski definition) is 3. The van der Waals surface area contributed by atoms with E-state index >= 15 is 0 Å². The minimum absolute atomic E-state index is 0.0115. The van der Waals surface area contributed by atoms with E-state index in [4.69, 9.17) is 9.47 Å². The number of aliphatic hydroxyl groups excluding tert-OH is 1. The van der Waals surface area contributed by atoms with Crippen molar-refractivity contribution in [2.24, 2.45) is 5.92 Å². The number of aromatic nitrogens is 1. The van der Waals surface area contributed by atoms with E-state index in [-0.39, 0.29) is 23.9 Å². The number of aliphatic hydroxyl groups is 1. The number of carbonyl (C=O) groups excluding carboxylic acids is 3. The normalized spacial score (nSPS) is 12.5. The fourth-order valence-electron chi connectivity index (χ4n) is 9.06. The number of aromatic amines is 1. The summed E-state index contributed by atoms with van der Waals surface area (Å²) in [5.41, 5.74) is 0.635. The lowest BCUT2D eigenvalue weighted by Gasteiger charge is -2.25. The fraction of sp³-hybridized carbons (Fsp3) is 0.877. The molecule has 0 saturated heterocycles. The SMILES string of the molecule is CCCCCCCCCCCCC(C)COC(=O)CCCCCN(CCCCCCCC(=O)OC(CCCCCCCC)CCCCCCCC)CC(O)CCCCNC(=O)c1cc[nH]c1. The van der Waals surface area contributed by atoms with Gasteiger partial charge in [0.05, 0.1) is 18.3 Å². The largest absolute Gasteiger partial charge is 0.465 e. The lowest BCUT2D eigenvalue weighted by Crippen LogP contribution is -2.34. The molecule has 0 aliphatic rings. The van der Waals surface area contributed by atoms with Crippen molar-refractivity contribution in [3.63, 3.8) is 0 Å². The van der Waals surface area contributed by atoms with Gasteiger partial charge in [0.1, 0.15) is 6.10 Å². The van der Waals surface area contributed by atoms with Crippen LogP contribution in [0.4, 0.5) is 0 Å². The van der Waals surface area contributed by atoms with E-state index < -0.39 is 6.10 Å². The summed E-state index contributed by atoms with van der Waals surface area (Å²) in [5, 5.41) is 14.0. The molecule has 0 spiro atoms. The average molecular weight is 930 g/mol. The zero-order valence-corrected chi connectivity index (χ0v) is 43.8. The quantitative estimate of drug-likeness (QED) is 0.0439. The molecule has 0 radical (unpaired) electrons. The Kier molecular flexibility index (Phi) is 43.3. The Hall–Kier alpha value is -2.39. The van der Waals surface area contributed by atoms with Gasteiger partial charge in [-0.25, -0.2) is 0 Å². The van der Waals surface area contributed by atoms with Gasteiger partial charge >= 0.3 is 11.9 Å². The van der Waals surface area contributed by atoms with Gasteiger partial charge in [-0.2, -0.15) is 0 Å². The van der Waals surface area contributed by atoms with E-state index in [1.165, 1.54) is 128 Å². The van der Waals surface area contributed by atoms with Gasteiger partial charge in [0.2, 0.25) is 0 Å². The van der Waals surface area contributed by atoms with Gasteiger partial charge < -0.3 is 29.8 Å². The first-order valence-corrected chi connectivity index (χ1v) is 28.4. The summed E-state index contributed by atoms with van der Waals surface area (Å²) in [7, 11) is 0. The monoisotopic (exact) mass is 930 g/mol. The number of H-pyrrole nitrogens is 1. The molecule has 2 unspecified atom stereocenters. The van der Waals surface area contributed by atoms with Gasteiger partial charge in [0.25, 0.3) is 5.91 Å². The lowest BCUT2D eigenvalue weighted by molar-refractivity contribution is -0.150. The average Bonchev–Trinajstić information content (AvgIpc) is 3.86. The highest BCUT2D eigenvalue weighted by Crippen LogP contribution is 2.19. The van der Waals surface area contributed by atoms with Crippen LogP contribution in [0.2, 0.25) is 0 Å². The van der Waals surface area contributed by atoms with Crippen molar-refractivity contribution in [1.29, 1.82) is 0 Å².